The van der Waals surface area contributed by atoms with Crippen LogP contribution in [0.25, 0.3) is 5.65 Å². The van der Waals surface area contributed by atoms with Crippen LogP contribution >= 0.6 is 0 Å². The fraction of sp³-hybridized carbons (Fsp3) is 0.464. The predicted molar refractivity (Wildman–Crippen MR) is 143 cm³/mol. The number of aryl methyl sites for hydroxylation is 4. The van der Waals surface area contributed by atoms with Crippen molar-refractivity contribution in [2.45, 2.75) is 79.5 Å². The van der Waals surface area contributed by atoms with Crippen LogP contribution < -0.4 is 10.6 Å². The number of amides is 2. The third-order valence-electron chi connectivity index (χ3n) is 6.77. The quantitative estimate of drug-likeness (QED) is 0.474. The van der Waals surface area contributed by atoms with E-state index in [-0.39, 0.29) is 24.5 Å². The number of pyridine rings is 1. The Labute approximate surface area is 213 Å². The number of imidazole rings is 1. The minimum atomic E-state index is -0.560. The van der Waals surface area contributed by atoms with E-state index >= 15 is 0 Å². The summed E-state index contributed by atoms with van der Waals surface area (Å²) in [5.74, 6) is -0.136. The molecule has 36 heavy (non-hydrogen) atoms. The summed E-state index contributed by atoms with van der Waals surface area (Å²) in [7, 11) is 0. The van der Waals surface area contributed by atoms with Gasteiger partial charge in [-0.1, -0.05) is 18.2 Å². The van der Waals surface area contributed by atoms with Gasteiger partial charge in [-0.15, -0.1) is 0 Å². The van der Waals surface area contributed by atoms with Gasteiger partial charge in [0.25, 0.3) is 0 Å². The van der Waals surface area contributed by atoms with Gasteiger partial charge >= 0.3 is 6.09 Å². The van der Waals surface area contributed by atoms with Gasteiger partial charge in [0.1, 0.15) is 5.60 Å². The molecule has 1 aliphatic rings. The van der Waals surface area contributed by atoms with Crippen molar-refractivity contribution in [3.8, 4) is 0 Å². The fourth-order valence-electron chi connectivity index (χ4n) is 4.52. The lowest BCUT2D eigenvalue weighted by atomic mass is 10.00. The van der Waals surface area contributed by atoms with Crippen molar-refractivity contribution in [3.63, 3.8) is 0 Å². The molecule has 8 heteroatoms. The number of hydrogen-bond acceptors (Lipinski definition) is 5. The summed E-state index contributed by atoms with van der Waals surface area (Å²) < 4.78 is 7.48. The van der Waals surface area contributed by atoms with Crippen LogP contribution in [0.15, 0.2) is 30.5 Å². The van der Waals surface area contributed by atoms with E-state index in [0.717, 1.165) is 29.1 Å². The first-order chi connectivity index (χ1) is 16.9. The molecule has 4 rings (SSSR count). The molecule has 0 bridgehead atoms. The lowest BCUT2D eigenvalue weighted by molar-refractivity contribution is -0.118. The number of ether oxygens (including phenoxy) is 1. The van der Waals surface area contributed by atoms with Gasteiger partial charge in [-0.05, 0) is 77.6 Å². The molecule has 1 saturated heterocycles. The molecule has 1 fully saturated rings. The lowest BCUT2D eigenvalue weighted by Gasteiger charge is -2.41. The molecule has 0 spiro atoms. The van der Waals surface area contributed by atoms with Crippen molar-refractivity contribution in [3.05, 3.63) is 58.5 Å². The Morgan fingerprint density at radius 1 is 1.14 bits per heavy atom. The van der Waals surface area contributed by atoms with E-state index in [1.165, 1.54) is 16.7 Å². The van der Waals surface area contributed by atoms with E-state index in [0.29, 0.717) is 18.8 Å². The van der Waals surface area contributed by atoms with Gasteiger partial charge in [0.15, 0.2) is 5.65 Å². The highest BCUT2D eigenvalue weighted by molar-refractivity contribution is 5.92. The molecule has 0 saturated carbocycles. The minimum absolute atomic E-state index is 0.136. The Balaban J connectivity index is 1.50. The Bertz CT molecular complexity index is 1280. The second-order valence-corrected chi connectivity index (χ2v) is 10.7. The molecule has 1 aliphatic heterocycles. The number of anilines is 2. The summed E-state index contributed by atoms with van der Waals surface area (Å²) in [4.78, 5) is 31.7. The van der Waals surface area contributed by atoms with Crippen molar-refractivity contribution < 1.29 is 14.3 Å². The molecule has 0 unspecified atom stereocenters. The largest absolute Gasteiger partial charge is 0.444 e. The molecule has 3 aromatic rings. The number of fused-ring (bicyclic) bond motifs is 1. The molecule has 192 valence electrons. The Morgan fingerprint density at radius 3 is 2.44 bits per heavy atom. The number of nitrogens with zero attached hydrogens (tertiary/aromatic N) is 3. The zero-order valence-corrected chi connectivity index (χ0v) is 22.4. The number of aromatic nitrogens is 2. The molecular weight excluding hydrogens is 454 g/mol. The highest BCUT2D eigenvalue weighted by Crippen LogP contribution is 2.27. The number of hydrogen-bond donors (Lipinski definition) is 2. The van der Waals surface area contributed by atoms with Gasteiger partial charge in [-0.2, -0.15) is 0 Å². The molecule has 2 amide bonds. The topological polar surface area (TPSA) is 88.0 Å². The highest BCUT2D eigenvalue weighted by Gasteiger charge is 2.36. The first-order valence-corrected chi connectivity index (χ1v) is 12.5. The number of carbonyl (C=O) groups is 2. The standard InChI is InChI=1S/C28H37N5O3/c1-17-9-8-10-18(2)23(17)15-29-24-13-21(16-33-20(4)19(3)30-26(24)33)31-25(34)14-22-11-12-32(22)27(35)36-28(5,6)7/h8-10,13,16,22,29H,11-12,14-15H2,1-7H3,(H,31,34)/t22-/m1/s1. The molecule has 3 heterocycles. The van der Waals surface area contributed by atoms with E-state index in [1.54, 1.807) is 4.90 Å². The van der Waals surface area contributed by atoms with Crippen LogP contribution in [0.3, 0.4) is 0 Å². The van der Waals surface area contributed by atoms with Gasteiger partial charge in [-0.3, -0.25) is 4.79 Å². The van der Waals surface area contributed by atoms with E-state index in [2.05, 4.69) is 42.7 Å². The number of rotatable bonds is 6. The van der Waals surface area contributed by atoms with Crippen molar-refractivity contribution in [2.75, 3.05) is 17.2 Å². The first kappa shape index (κ1) is 25.5. The molecule has 1 aromatic carbocycles. The van der Waals surface area contributed by atoms with E-state index in [4.69, 9.17) is 9.72 Å². The van der Waals surface area contributed by atoms with E-state index in [9.17, 15) is 9.59 Å². The summed E-state index contributed by atoms with van der Waals surface area (Å²) in [5, 5.41) is 6.57. The second kappa shape index (κ2) is 9.84. The molecule has 1 atom stereocenters. The predicted octanol–water partition coefficient (Wildman–Crippen LogP) is 5.52. The highest BCUT2D eigenvalue weighted by atomic mass is 16.6. The Hall–Kier alpha value is -3.55. The van der Waals surface area contributed by atoms with Crippen LogP contribution in [0.1, 0.15) is 61.7 Å². The molecule has 2 aromatic heterocycles. The average Bonchev–Trinajstić information content (AvgIpc) is 3.03. The van der Waals surface area contributed by atoms with Gasteiger partial charge in [0, 0.05) is 37.4 Å². The maximum absolute atomic E-state index is 12.9. The average molecular weight is 492 g/mol. The zero-order valence-electron chi connectivity index (χ0n) is 22.4. The fourth-order valence-corrected chi connectivity index (χ4v) is 4.52. The Kier molecular flexibility index (Phi) is 6.98. The maximum Gasteiger partial charge on any atom is 0.410 e. The van der Waals surface area contributed by atoms with Crippen molar-refractivity contribution in [1.82, 2.24) is 14.3 Å². The monoisotopic (exact) mass is 491 g/mol. The van der Waals surface area contributed by atoms with Gasteiger partial charge in [0.2, 0.25) is 5.91 Å². The number of nitrogens with one attached hydrogen (secondary N) is 2. The molecule has 0 aliphatic carbocycles. The normalized spacial score (nSPS) is 15.5. The van der Waals surface area contributed by atoms with Gasteiger partial charge in [-0.25, -0.2) is 9.78 Å². The Morgan fingerprint density at radius 2 is 1.83 bits per heavy atom. The van der Waals surface area contributed by atoms with Crippen LogP contribution in [-0.2, 0) is 16.1 Å². The molecule has 8 nitrogen and oxygen atoms in total. The van der Waals surface area contributed by atoms with Crippen LogP contribution in [0.5, 0.6) is 0 Å². The summed E-state index contributed by atoms with van der Waals surface area (Å²) in [5.41, 5.74) is 7.47. The van der Waals surface area contributed by atoms with Crippen LogP contribution in [-0.4, -0.2) is 44.5 Å². The number of carbonyl (C=O) groups excluding carboxylic acids is 2. The second-order valence-electron chi connectivity index (χ2n) is 10.7. The first-order valence-electron chi connectivity index (χ1n) is 12.5. The van der Waals surface area contributed by atoms with Crippen LogP contribution in [0.2, 0.25) is 0 Å². The number of benzene rings is 1. The van der Waals surface area contributed by atoms with Gasteiger partial charge < -0.3 is 24.7 Å². The smallest absolute Gasteiger partial charge is 0.410 e. The molecule has 2 N–H and O–H groups in total. The maximum atomic E-state index is 12.9. The van der Waals surface area contributed by atoms with Crippen LogP contribution in [0, 0.1) is 27.7 Å². The van der Waals surface area contributed by atoms with Crippen molar-refractivity contribution >= 4 is 29.0 Å². The van der Waals surface area contributed by atoms with E-state index < -0.39 is 5.60 Å². The SMILES string of the molecule is Cc1cccc(C)c1CNc1cc(NC(=O)C[C@H]2CCN2C(=O)OC(C)(C)C)cn2c(C)c(C)nc12. The lowest BCUT2D eigenvalue weighted by Crippen LogP contribution is -2.53. The number of likely N-dealkylation sites (tertiary alicyclic amines) is 1. The van der Waals surface area contributed by atoms with E-state index in [1.807, 2.05) is 51.3 Å². The van der Waals surface area contributed by atoms with Crippen molar-refractivity contribution in [2.24, 2.45) is 0 Å². The summed E-state index contributed by atoms with van der Waals surface area (Å²) in [6, 6.07) is 8.07. The minimum Gasteiger partial charge on any atom is -0.444 e. The third-order valence-corrected chi connectivity index (χ3v) is 6.77. The summed E-state index contributed by atoms with van der Waals surface area (Å²) >= 11 is 0. The zero-order chi connectivity index (χ0) is 26.2. The summed E-state index contributed by atoms with van der Waals surface area (Å²) in [6.07, 6.45) is 2.55. The molecular formula is C28H37N5O3. The third kappa shape index (κ3) is 5.48. The summed E-state index contributed by atoms with van der Waals surface area (Å²) in [6.45, 7) is 15.0. The van der Waals surface area contributed by atoms with Gasteiger partial charge in [0.05, 0.1) is 17.1 Å². The molecule has 0 radical (unpaired) electrons. The van der Waals surface area contributed by atoms with Crippen molar-refractivity contribution in [1.29, 1.82) is 0 Å². The van der Waals surface area contributed by atoms with Crippen LogP contribution in [0.4, 0.5) is 16.2 Å².